The smallest absolute Gasteiger partial charge is 0.335 e. The Morgan fingerprint density at radius 2 is 2.36 bits per heavy atom. The molecule has 0 bridgehead atoms. The van der Waals surface area contributed by atoms with E-state index in [0.717, 1.165) is 6.42 Å². The number of aliphatic hydroxyl groups is 1. The summed E-state index contributed by atoms with van der Waals surface area (Å²) in [7, 11) is 0. The molecule has 0 radical (unpaired) electrons. The molecule has 4 nitrogen and oxygen atoms in total. The summed E-state index contributed by atoms with van der Waals surface area (Å²) in [5.74, 6) is -0.444. The second kappa shape index (κ2) is 4.75. The van der Waals surface area contributed by atoms with Crippen molar-refractivity contribution in [2.45, 2.75) is 38.2 Å². The lowest BCUT2D eigenvalue weighted by Crippen LogP contribution is -2.39. The minimum atomic E-state index is -0.978. The Balaban J connectivity index is 2.50. The van der Waals surface area contributed by atoms with Crippen molar-refractivity contribution in [3.63, 3.8) is 0 Å². The predicted octanol–water partition coefficient (Wildman–Crippen LogP) is 1.03. The maximum Gasteiger partial charge on any atom is 0.335 e. The van der Waals surface area contributed by atoms with Crippen LogP contribution in [0.5, 0.6) is 0 Å². The third kappa shape index (κ3) is 2.45. The Morgan fingerprint density at radius 1 is 1.64 bits per heavy atom. The Bertz CT molecular complexity index is 204. The highest BCUT2D eigenvalue weighted by molar-refractivity contribution is 5.77. The van der Waals surface area contributed by atoms with Gasteiger partial charge < -0.3 is 14.9 Å². The molecule has 2 atom stereocenters. The number of carboxylic acids is 1. The molecular formula is C10H18O4. The largest absolute Gasteiger partial charge is 0.479 e. The van der Waals surface area contributed by atoms with Crippen molar-refractivity contribution < 1.29 is 19.7 Å². The molecule has 0 aromatic rings. The van der Waals surface area contributed by atoms with Gasteiger partial charge in [0.25, 0.3) is 0 Å². The van der Waals surface area contributed by atoms with E-state index >= 15 is 0 Å². The molecule has 1 aliphatic rings. The molecule has 0 aromatic heterocycles. The van der Waals surface area contributed by atoms with Crippen LogP contribution < -0.4 is 0 Å². The summed E-state index contributed by atoms with van der Waals surface area (Å²) in [5, 5.41) is 17.7. The van der Waals surface area contributed by atoms with Gasteiger partial charge in [0, 0.05) is 6.61 Å². The summed E-state index contributed by atoms with van der Waals surface area (Å²) < 4.78 is 5.40. The van der Waals surface area contributed by atoms with E-state index in [0.29, 0.717) is 31.8 Å². The summed E-state index contributed by atoms with van der Waals surface area (Å²) in [6.45, 7) is 2.42. The van der Waals surface area contributed by atoms with Crippen molar-refractivity contribution in [3.05, 3.63) is 0 Å². The van der Waals surface area contributed by atoms with Gasteiger partial charge in [-0.2, -0.15) is 0 Å². The van der Waals surface area contributed by atoms with Crippen molar-refractivity contribution in [2.75, 3.05) is 13.2 Å². The number of hydrogen-bond donors (Lipinski definition) is 2. The van der Waals surface area contributed by atoms with E-state index in [1.807, 2.05) is 6.92 Å². The first kappa shape index (κ1) is 11.5. The minimum Gasteiger partial charge on any atom is -0.479 e. The van der Waals surface area contributed by atoms with E-state index in [1.54, 1.807) is 0 Å². The van der Waals surface area contributed by atoms with Gasteiger partial charge in [0.1, 0.15) is 0 Å². The van der Waals surface area contributed by atoms with Crippen LogP contribution in [0.2, 0.25) is 0 Å². The summed E-state index contributed by atoms with van der Waals surface area (Å²) in [6.07, 6.45) is 2.59. The molecule has 14 heavy (non-hydrogen) atoms. The monoisotopic (exact) mass is 202 g/mol. The van der Waals surface area contributed by atoms with Gasteiger partial charge in [-0.15, -0.1) is 0 Å². The van der Waals surface area contributed by atoms with Crippen molar-refractivity contribution in [1.82, 2.24) is 0 Å². The lowest BCUT2D eigenvalue weighted by molar-refractivity contribution is -0.166. The molecule has 1 saturated carbocycles. The third-order valence-electron chi connectivity index (χ3n) is 2.79. The molecule has 82 valence electrons. The first-order valence-electron chi connectivity index (χ1n) is 5.09. The fourth-order valence-electron chi connectivity index (χ4n) is 1.97. The highest BCUT2D eigenvalue weighted by Crippen LogP contribution is 2.37. The molecule has 4 heteroatoms. The summed E-state index contributed by atoms with van der Waals surface area (Å²) >= 11 is 0. The van der Waals surface area contributed by atoms with Crippen molar-refractivity contribution in [1.29, 1.82) is 0 Å². The molecule has 0 saturated heterocycles. The van der Waals surface area contributed by atoms with Crippen LogP contribution in [-0.4, -0.2) is 35.0 Å². The van der Waals surface area contributed by atoms with Crippen LogP contribution in [0, 0.1) is 5.92 Å². The zero-order valence-electron chi connectivity index (χ0n) is 8.53. The zero-order chi connectivity index (χ0) is 10.6. The van der Waals surface area contributed by atoms with Gasteiger partial charge in [-0.1, -0.05) is 6.92 Å². The molecule has 2 N–H and O–H groups in total. The normalized spacial score (nSPS) is 32.0. The fourth-order valence-corrected chi connectivity index (χ4v) is 1.97. The van der Waals surface area contributed by atoms with E-state index in [1.165, 1.54) is 0 Å². The molecule has 0 amide bonds. The first-order valence-corrected chi connectivity index (χ1v) is 5.09. The van der Waals surface area contributed by atoms with Crippen LogP contribution in [0.3, 0.4) is 0 Å². The number of aliphatic carboxylic acids is 1. The number of hydrogen-bond acceptors (Lipinski definition) is 3. The summed E-state index contributed by atoms with van der Waals surface area (Å²) in [4.78, 5) is 11.1. The van der Waals surface area contributed by atoms with E-state index in [4.69, 9.17) is 14.9 Å². The first-order chi connectivity index (χ1) is 6.60. The molecule has 0 heterocycles. The second-order valence-electron chi connectivity index (χ2n) is 4.07. The van der Waals surface area contributed by atoms with Gasteiger partial charge in [0.2, 0.25) is 0 Å². The Labute approximate surface area is 83.9 Å². The third-order valence-corrected chi connectivity index (χ3v) is 2.79. The molecular weight excluding hydrogens is 184 g/mol. The average Bonchev–Trinajstić information content (AvgIpc) is 2.49. The van der Waals surface area contributed by atoms with Gasteiger partial charge in [0.05, 0.1) is 6.61 Å². The maximum atomic E-state index is 11.1. The maximum absolute atomic E-state index is 11.1. The van der Waals surface area contributed by atoms with Gasteiger partial charge in [-0.25, -0.2) is 4.79 Å². The van der Waals surface area contributed by atoms with Crippen LogP contribution >= 0.6 is 0 Å². The predicted molar refractivity (Wildman–Crippen MR) is 51.0 cm³/mol. The van der Waals surface area contributed by atoms with E-state index in [2.05, 4.69) is 0 Å². The van der Waals surface area contributed by atoms with E-state index < -0.39 is 11.6 Å². The van der Waals surface area contributed by atoms with E-state index in [9.17, 15) is 4.79 Å². The van der Waals surface area contributed by atoms with Crippen LogP contribution in [0.15, 0.2) is 0 Å². The van der Waals surface area contributed by atoms with Crippen molar-refractivity contribution in [3.8, 4) is 0 Å². The highest BCUT2D eigenvalue weighted by Gasteiger charge is 2.45. The minimum absolute atomic E-state index is 0.0469. The van der Waals surface area contributed by atoms with Crippen molar-refractivity contribution in [2.24, 2.45) is 5.92 Å². The topological polar surface area (TPSA) is 66.8 Å². The van der Waals surface area contributed by atoms with E-state index in [-0.39, 0.29) is 6.61 Å². The van der Waals surface area contributed by atoms with Gasteiger partial charge >= 0.3 is 5.97 Å². The van der Waals surface area contributed by atoms with Crippen LogP contribution in [0.4, 0.5) is 0 Å². The number of aliphatic hydroxyl groups excluding tert-OH is 1. The Kier molecular flexibility index (Phi) is 3.89. The SMILES string of the molecule is CC1CCC(OCCCO)(C(=O)O)C1. The molecule has 0 aliphatic heterocycles. The average molecular weight is 202 g/mol. The van der Waals surface area contributed by atoms with Crippen LogP contribution in [0.1, 0.15) is 32.6 Å². The lowest BCUT2D eigenvalue weighted by atomic mass is 10.0. The Morgan fingerprint density at radius 3 is 2.79 bits per heavy atom. The summed E-state index contributed by atoms with van der Waals surface area (Å²) in [6, 6.07) is 0. The quantitative estimate of drug-likeness (QED) is 0.653. The van der Waals surface area contributed by atoms with Gasteiger partial charge in [-0.05, 0) is 31.6 Å². The molecule has 0 aromatic carbocycles. The van der Waals surface area contributed by atoms with Crippen molar-refractivity contribution >= 4 is 5.97 Å². The molecule has 0 spiro atoms. The van der Waals surface area contributed by atoms with Crippen LogP contribution in [0.25, 0.3) is 0 Å². The zero-order valence-corrected chi connectivity index (χ0v) is 8.53. The molecule has 1 aliphatic carbocycles. The second-order valence-corrected chi connectivity index (χ2v) is 4.07. The lowest BCUT2D eigenvalue weighted by Gasteiger charge is -2.24. The number of carboxylic acid groups (broad SMARTS) is 1. The standard InChI is InChI=1S/C10H18O4/c1-8-3-4-10(7-8,9(12)13)14-6-2-5-11/h8,11H,2-7H2,1H3,(H,12,13). The fraction of sp³-hybridized carbons (Fsp3) is 0.900. The summed E-state index contributed by atoms with van der Waals surface area (Å²) in [5.41, 5.74) is -0.978. The number of ether oxygens (including phenoxy) is 1. The van der Waals surface area contributed by atoms with Crippen LogP contribution in [-0.2, 0) is 9.53 Å². The Hall–Kier alpha value is -0.610. The number of rotatable bonds is 5. The molecule has 1 fully saturated rings. The molecule has 1 rings (SSSR count). The van der Waals surface area contributed by atoms with Gasteiger partial charge in [0.15, 0.2) is 5.60 Å². The molecule has 2 unspecified atom stereocenters. The number of carbonyl (C=O) groups is 1. The van der Waals surface area contributed by atoms with Gasteiger partial charge in [-0.3, -0.25) is 0 Å². The highest BCUT2D eigenvalue weighted by atomic mass is 16.5.